The first kappa shape index (κ1) is 13.9. The van der Waals surface area contributed by atoms with Crippen LogP contribution >= 0.6 is 0 Å². The molecule has 0 aliphatic rings. The van der Waals surface area contributed by atoms with E-state index in [1.165, 1.54) is 0 Å². The molecule has 0 spiro atoms. The Morgan fingerprint density at radius 1 is 1.00 bits per heavy atom. The number of benzene rings is 1. The van der Waals surface area contributed by atoms with Crippen LogP contribution in [0.2, 0.25) is 0 Å². The van der Waals surface area contributed by atoms with Gasteiger partial charge < -0.3 is 18.9 Å². The van der Waals surface area contributed by atoms with Crippen LogP contribution in [0.5, 0.6) is 11.5 Å². The predicted octanol–water partition coefficient (Wildman–Crippen LogP) is 0.473. The minimum absolute atomic E-state index is 0.252. The van der Waals surface area contributed by atoms with Gasteiger partial charge >= 0.3 is 0 Å². The van der Waals surface area contributed by atoms with Crippen molar-refractivity contribution in [1.82, 2.24) is 0 Å². The molecule has 0 saturated heterocycles. The molecule has 0 bridgehead atoms. The van der Waals surface area contributed by atoms with Crippen molar-refractivity contribution < 1.29 is 18.9 Å². The van der Waals surface area contributed by atoms with Crippen molar-refractivity contribution in [2.24, 2.45) is 0 Å². The topological polar surface area (TPSA) is 36.9 Å². The Morgan fingerprint density at radius 2 is 1.59 bits per heavy atom. The van der Waals surface area contributed by atoms with E-state index in [9.17, 15) is 0 Å². The molecular formula is C12H19BO4. The summed E-state index contributed by atoms with van der Waals surface area (Å²) < 4.78 is 20.8. The number of ether oxygens (including phenoxy) is 4. The van der Waals surface area contributed by atoms with Crippen molar-refractivity contribution in [2.45, 2.75) is 13.3 Å². The number of hydrogen-bond donors (Lipinski definition) is 0. The van der Waals surface area contributed by atoms with E-state index >= 15 is 0 Å². The van der Waals surface area contributed by atoms with Crippen molar-refractivity contribution in [3.63, 3.8) is 0 Å². The molecule has 0 heterocycles. The standard InChI is InChI=1S/C12H19BO4/c1-4-9-5-12(17-8-15-3)10(13)6-11(9)16-7-14-2/h5-6H,4,7-8,13H2,1-3H3. The normalized spacial score (nSPS) is 10.3. The molecule has 1 aromatic rings. The lowest BCUT2D eigenvalue weighted by atomic mass is 9.92. The van der Waals surface area contributed by atoms with Gasteiger partial charge in [-0.3, -0.25) is 0 Å². The lowest BCUT2D eigenvalue weighted by Crippen LogP contribution is -2.13. The Kier molecular flexibility index (Phi) is 5.87. The van der Waals surface area contributed by atoms with Crippen LogP contribution in [0.1, 0.15) is 12.5 Å². The number of methoxy groups -OCH3 is 2. The summed E-state index contributed by atoms with van der Waals surface area (Å²) in [5.74, 6) is 1.67. The molecular weight excluding hydrogens is 219 g/mol. The lowest BCUT2D eigenvalue weighted by Gasteiger charge is -2.14. The monoisotopic (exact) mass is 238 g/mol. The molecule has 0 amide bonds. The lowest BCUT2D eigenvalue weighted by molar-refractivity contribution is 0.0484. The van der Waals surface area contributed by atoms with E-state index in [0.717, 1.165) is 28.9 Å². The average molecular weight is 238 g/mol. The van der Waals surface area contributed by atoms with Gasteiger partial charge in [0, 0.05) is 14.2 Å². The minimum Gasteiger partial charge on any atom is -0.468 e. The summed E-state index contributed by atoms with van der Waals surface area (Å²) in [6.07, 6.45) is 0.878. The zero-order valence-electron chi connectivity index (χ0n) is 10.9. The molecule has 5 heteroatoms. The van der Waals surface area contributed by atoms with Crippen LogP contribution in [-0.2, 0) is 15.9 Å². The number of aryl methyl sites for hydroxylation is 1. The van der Waals surface area contributed by atoms with Crippen LogP contribution < -0.4 is 14.9 Å². The summed E-state index contributed by atoms with van der Waals surface area (Å²) in [6, 6.07) is 3.95. The van der Waals surface area contributed by atoms with Gasteiger partial charge in [-0.1, -0.05) is 6.92 Å². The maximum absolute atomic E-state index is 5.51. The number of hydrogen-bond acceptors (Lipinski definition) is 4. The van der Waals surface area contributed by atoms with Gasteiger partial charge in [0.1, 0.15) is 19.3 Å². The Labute approximate surface area is 103 Å². The van der Waals surface area contributed by atoms with Gasteiger partial charge in [0.2, 0.25) is 0 Å². The minimum atomic E-state index is 0.252. The van der Waals surface area contributed by atoms with E-state index in [0.29, 0.717) is 0 Å². The van der Waals surface area contributed by atoms with Gasteiger partial charge in [-0.2, -0.15) is 0 Å². The van der Waals surface area contributed by atoms with Crippen LogP contribution in [0.3, 0.4) is 0 Å². The molecule has 0 atom stereocenters. The van der Waals surface area contributed by atoms with Gasteiger partial charge in [0.05, 0.1) is 0 Å². The maximum Gasteiger partial charge on any atom is 0.188 e. The van der Waals surface area contributed by atoms with Gasteiger partial charge in [-0.05, 0) is 29.6 Å². The molecule has 0 N–H and O–H groups in total. The fourth-order valence-electron chi connectivity index (χ4n) is 1.51. The van der Waals surface area contributed by atoms with Crippen LogP contribution in [0.15, 0.2) is 12.1 Å². The zero-order chi connectivity index (χ0) is 12.7. The van der Waals surface area contributed by atoms with Crippen LogP contribution in [0.25, 0.3) is 0 Å². The highest BCUT2D eigenvalue weighted by molar-refractivity contribution is 6.34. The molecule has 1 aromatic carbocycles. The second-order valence-corrected chi connectivity index (χ2v) is 3.68. The van der Waals surface area contributed by atoms with Gasteiger partial charge in [0.25, 0.3) is 0 Å². The van der Waals surface area contributed by atoms with E-state index in [4.69, 9.17) is 18.9 Å². The first-order valence-corrected chi connectivity index (χ1v) is 5.59. The molecule has 0 unspecified atom stereocenters. The Hall–Kier alpha value is -1.20. The van der Waals surface area contributed by atoms with Gasteiger partial charge in [-0.25, -0.2) is 0 Å². The maximum atomic E-state index is 5.51. The fourth-order valence-corrected chi connectivity index (χ4v) is 1.51. The second kappa shape index (κ2) is 7.19. The summed E-state index contributed by atoms with van der Waals surface area (Å²) in [4.78, 5) is 0. The molecule has 0 radical (unpaired) electrons. The van der Waals surface area contributed by atoms with E-state index in [1.807, 2.05) is 20.0 Å². The SMILES string of the molecule is Bc1cc(OCOC)c(CC)cc1OCOC. The van der Waals surface area contributed by atoms with E-state index in [2.05, 4.69) is 6.92 Å². The second-order valence-electron chi connectivity index (χ2n) is 3.68. The quantitative estimate of drug-likeness (QED) is 0.511. The summed E-state index contributed by atoms with van der Waals surface area (Å²) in [5.41, 5.74) is 2.11. The summed E-state index contributed by atoms with van der Waals surface area (Å²) in [7, 11) is 5.19. The van der Waals surface area contributed by atoms with Gasteiger partial charge in [0.15, 0.2) is 13.6 Å². The van der Waals surface area contributed by atoms with Crippen molar-refractivity contribution >= 4 is 13.3 Å². The van der Waals surface area contributed by atoms with Gasteiger partial charge in [-0.15, -0.1) is 0 Å². The molecule has 0 saturated carbocycles. The summed E-state index contributed by atoms with van der Waals surface area (Å²) >= 11 is 0. The van der Waals surface area contributed by atoms with E-state index in [-0.39, 0.29) is 13.6 Å². The molecule has 17 heavy (non-hydrogen) atoms. The number of rotatable bonds is 7. The average Bonchev–Trinajstić information content (AvgIpc) is 2.35. The Morgan fingerprint density at radius 3 is 2.12 bits per heavy atom. The molecule has 0 aliphatic carbocycles. The fraction of sp³-hybridized carbons (Fsp3) is 0.500. The smallest absolute Gasteiger partial charge is 0.188 e. The third kappa shape index (κ3) is 3.95. The predicted molar refractivity (Wildman–Crippen MR) is 69.0 cm³/mol. The van der Waals surface area contributed by atoms with E-state index in [1.54, 1.807) is 14.2 Å². The Balaban J connectivity index is 2.89. The van der Waals surface area contributed by atoms with Crippen molar-refractivity contribution in [3.8, 4) is 11.5 Å². The zero-order valence-corrected chi connectivity index (χ0v) is 10.9. The highest BCUT2D eigenvalue weighted by atomic mass is 16.7. The highest BCUT2D eigenvalue weighted by Gasteiger charge is 2.08. The third-order valence-corrected chi connectivity index (χ3v) is 2.40. The molecule has 4 nitrogen and oxygen atoms in total. The van der Waals surface area contributed by atoms with Crippen LogP contribution in [-0.4, -0.2) is 35.7 Å². The first-order valence-electron chi connectivity index (χ1n) is 5.59. The highest BCUT2D eigenvalue weighted by Crippen LogP contribution is 2.22. The summed E-state index contributed by atoms with van der Waals surface area (Å²) in [6.45, 7) is 2.58. The molecule has 1 rings (SSSR count). The van der Waals surface area contributed by atoms with Crippen molar-refractivity contribution in [3.05, 3.63) is 17.7 Å². The summed E-state index contributed by atoms with van der Waals surface area (Å²) in [5, 5.41) is 0. The van der Waals surface area contributed by atoms with Crippen molar-refractivity contribution in [1.29, 1.82) is 0 Å². The molecule has 94 valence electrons. The first-order chi connectivity index (χ1) is 8.22. The molecule has 0 aliphatic heterocycles. The molecule has 0 aromatic heterocycles. The van der Waals surface area contributed by atoms with Crippen molar-refractivity contribution in [2.75, 3.05) is 27.8 Å². The third-order valence-electron chi connectivity index (χ3n) is 2.40. The molecule has 0 fully saturated rings. The van der Waals surface area contributed by atoms with E-state index < -0.39 is 0 Å². The van der Waals surface area contributed by atoms with Crippen LogP contribution in [0, 0.1) is 0 Å². The Bertz CT molecular complexity index is 355. The largest absolute Gasteiger partial charge is 0.468 e. The van der Waals surface area contributed by atoms with Crippen LogP contribution in [0.4, 0.5) is 0 Å².